The minimum atomic E-state index is -0.616. The molecule has 0 radical (unpaired) electrons. The Morgan fingerprint density at radius 1 is 0.973 bits per heavy atom. The third-order valence-corrected chi connectivity index (χ3v) is 7.52. The van der Waals surface area contributed by atoms with Crippen LogP contribution in [0.4, 0.5) is 0 Å². The number of methoxy groups -OCH3 is 2. The molecule has 0 saturated carbocycles. The summed E-state index contributed by atoms with van der Waals surface area (Å²) < 4.78 is 17.1. The molecule has 196 valence electrons. The summed E-state index contributed by atoms with van der Waals surface area (Å²) in [7, 11) is 3.28. The number of amides is 3. The predicted molar refractivity (Wildman–Crippen MR) is 136 cm³/mol. The largest absolute Gasteiger partial charge is 0.493 e. The summed E-state index contributed by atoms with van der Waals surface area (Å²) in [5.41, 5.74) is 2.59. The van der Waals surface area contributed by atoms with Crippen molar-refractivity contribution in [3.05, 3.63) is 53.1 Å². The number of nitrogens with zero attached hydrogens (tertiary/aromatic N) is 2. The smallest absolute Gasteiger partial charge is 0.255 e. The Bertz CT molecular complexity index is 1200. The van der Waals surface area contributed by atoms with Crippen molar-refractivity contribution in [3.8, 4) is 17.2 Å². The van der Waals surface area contributed by atoms with Crippen LogP contribution in [0, 0.1) is 0 Å². The Kier molecular flexibility index (Phi) is 7.32. The van der Waals surface area contributed by atoms with Crippen molar-refractivity contribution in [1.82, 2.24) is 15.1 Å². The molecule has 2 saturated heterocycles. The molecule has 3 heterocycles. The van der Waals surface area contributed by atoms with E-state index in [1.807, 2.05) is 24.3 Å². The van der Waals surface area contributed by atoms with Gasteiger partial charge in [0.05, 0.1) is 14.2 Å². The van der Waals surface area contributed by atoms with E-state index in [1.54, 1.807) is 25.2 Å². The van der Waals surface area contributed by atoms with Crippen molar-refractivity contribution >= 4 is 17.7 Å². The van der Waals surface area contributed by atoms with E-state index in [0.29, 0.717) is 30.9 Å². The van der Waals surface area contributed by atoms with Gasteiger partial charge in [-0.25, -0.2) is 0 Å². The number of hydrogen-bond donors (Lipinski definition) is 1. The number of carbonyl (C=O) groups is 3. The van der Waals surface area contributed by atoms with Crippen molar-refractivity contribution in [2.45, 2.75) is 57.3 Å². The number of fused-ring (bicyclic) bond motifs is 1. The Morgan fingerprint density at radius 3 is 2.59 bits per heavy atom. The van der Waals surface area contributed by atoms with Gasteiger partial charge in [0.25, 0.3) is 5.91 Å². The van der Waals surface area contributed by atoms with Gasteiger partial charge < -0.3 is 19.1 Å². The Morgan fingerprint density at radius 2 is 1.81 bits per heavy atom. The Labute approximate surface area is 216 Å². The fourth-order valence-corrected chi connectivity index (χ4v) is 5.50. The van der Waals surface area contributed by atoms with Crippen LogP contribution in [0.3, 0.4) is 0 Å². The SMILES string of the molecule is COc1ccc(CN2CCCCC2COc2ccc3c(c2)CN(C2CCC(=O)NC2=O)C3=O)cc1OC. The first-order chi connectivity index (χ1) is 18.0. The molecule has 0 aromatic heterocycles. The maximum Gasteiger partial charge on any atom is 0.255 e. The van der Waals surface area contributed by atoms with Gasteiger partial charge in [0.2, 0.25) is 11.8 Å². The second kappa shape index (κ2) is 10.8. The third kappa shape index (κ3) is 5.27. The van der Waals surface area contributed by atoms with Crippen molar-refractivity contribution in [2.75, 3.05) is 27.4 Å². The summed E-state index contributed by atoms with van der Waals surface area (Å²) in [5.74, 6) is 1.29. The quantitative estimate of drug-likeness (QED) is 0.549. The molecule has 9 nitrogen and oxygen atoms in total. The third-order valence-electron chi connectivity index (χ3n) is 7.52. The zero-order valence-corrected chi connectivity index (χ0v) is 21.3. The number of likely N-dealkylation sites (tertiary alicyclic amines) is 1. The van der Waals surface area contributed by atoms with Gasteiger partial charge in [0, 0.05) is 31.1 Å². The summed E-state index contributed by atoms with van der Waals surface area (Å²) in [6.07, 6.45) is 3.97. The molecule has 2 atom stereocenters. The summed E-state index contributed by atoms with van der Waals surface area (Å²) in [6, 6.07) is 11.2. The van der Waals surface area contributed by atoms with Gasteiger partial charge in [-0.2, -0.15) is 0 Å². The number of hydrogen-bond acceptors (Lipinski definition) is 7. The van der Waals surface area contributed by atoms with Crippen LogP contribution in [-0.2, 0) is 22.7 Å². The molecule has 2 aromatic carbocycles. The van der Waals surface area contributed by atoms with Gasteiger partial charge in [0.1, 0.15) is 18.4 Å². The number of imide groups is 1. The average molecular weight is 508 g/mol. The lowest BCUT2D eigenvalue weighted by molar-refractivity contribution is -0.136. The van der Waals surface area contributed by atoms with E-state index in [4.69, 9.17) is 14.2 Å². The van der Waals surface area contributed by atoms with Gasteiger partial charge >= 0.3 is 0 Å². The van der Waals surface area contributed by atoms with E-state index in [1.165, 1.54) is 0 Å². The highest BCUT2D eigenvalue weighted by Crippen LogP contribution is 2.32. The van der Waals surface area contributed by atoms with Crippen LogP contribution in [-0.4, -0.2) is 67.0 Å². The molecule has 0 bridgehead atoms. The highest BCUT2D eigenvalue weighted by Gasteiger charge is 2.39. The lowest BCUT2D eigenvalue weighted by Gasteiger charge is -2.35. The zero-order valence-electron chi connectivity index (χ0n) is 21.3. The van der Waals surface area contributed by atoms with E-state index < -0.39 is 11.9 Å². The number of ether oxygens (including phenoxy) is 3. The topological polar surface area (TPSA) is 97.4 Å². The maximum atomic E-state index is 12.9. The molecule has 1 N–H and O–H groups in total. The molecule has 2 unspecified atom stereocenters. The van der Waals surface area contributed by atoms with Crippen LogP contribution in [0.5, 0.6) is 17.2 Å². The zero-order chi connectivity index (χ0) is 25.9. The van der Waals surface area contributed by atoms with E-state index in [0.717, 1.165) is 55.0 Å². The van der Waals surface area contributed by atoms with Gasteiger partial charge in [-0.15, -0.1) is 0 Å². The van der Waals surface area contributed by atoms with Crippen LogP contribution in [0.1, 0.15) is 53.6 Å². The van der Waals surface area contributed by atoms with Gasteiger partial charge in [0.15, 0.2) is 11.5 Å². The molecule has 37 heavy (non-hydrogen) atoms. The highest BCUT2D eigenvalue weighted by atomic mass is 16.5. The van der Waals surface area contributed by atoms with Crippen LogP contribution in [0.15, 0.2) is 36.4 Å². The fourth-order valence-electron chi connectivity index (χ4n) is 5.50. The van der Waals surface area contributed by atoms with Gasteiger partial charge in [-0.05, 0) is 67.3 Å². The predicted octanol–water partition coefficient (Wildman–Crippen LogP) is 2.90. The van der Waals surface area contributed by atoms with Gasteiger partial charge in [-0.3, -0.25) is 24.6 Å². The molecule has 2 aromatic rings. The van der Waals surface area contributed by atoms with E-state index in [2.05, 4.69) is 16.3 Å². The second-order valence-corrected chi connectivity index (χ2v) is 9.84. The number of carbonyl (C=O) groups excluding carboxylic acids is 3. The number of rotatable bonds is 8. The fraction of sp³-hybridized carbons (Fsp3) is 0.464. The van der Waals surface area contributed by atoms with Crippen LogP contribution in [0.2, 0.25) is 0 Å². The van der Waals surface area contributed by atoms with Crippen LogP contribution < -0.4 is 19.5 Å². The first kappa shape index (κ1) is 25.1. The maximum absolute atomic E-state index is 12.9. The van der Waals surface area contributed by atoms with Gasteiger partial charge in [-0.1, -0.05) is 12.5 Å². The van der Waals surface area contributed by atoms with Crippen LogP contribution in [0.25, 0.3) is 0 Å². The number of nitrogens with one attached hydrogen (secondary N) is 1. The molecule has 2 fully saturated rings. The van der Waals surface area contributed by atoms with Crippen molar-refractivity contribution < 1.29 is 28.6 Å². The number of benzene rings is 2. The molecule has 3 aliphatic rings. The van der Waals surface area contributed by atoms with E-state index >= 15 is 0 Å². The molecule has 0 spiro atoms. The van der Waals surface area contributed by atoms with Crippen molar-refractivity contribution in [2.24, 2.45) is 0 Å². The molecular formula is C28H33N3O6. The lowest BCUT2D eigenvalue weighted by atomic mass is 10.0. The monoisotopic (exact) mass is 507 g/mol. The summed E-state index contributed by atoms with van der Waals surface area (Å²) in [4.78, 5) is 40.7. The number of piperidine rings is 2. The minimum absolute atomic E-state index is 0.176. The van der Waals surface area contributed by atoms with E-state index in [-0.39, 0.29) is 24.3 Å². The molecule has 3 amide bonds. The van der Waals surface area contributed by atoms with E-state index in [9.17, 15) is 14.4 Å². The van der Waals surface area contributed by atoms with Crippen molar-refractivity contribution in [3.63, 3.8) is 0 Å². The van der Waals surface area contributed by atoms with Crippen LogP contribution >= 0.6 is 0 Å². The molecule has 3 aliphatic heterocycles. The first-order valence-corrected chi connectivity index (χ1v) is 12.8. The normalized spacial score (nSPS) is 22.0. The standard InChI is InChI=1S/C28H33N3O6/c1-35-24-10-6-18(13-25(24)36-2)15-30-12-4-3-5-20(30)17-37-21-7-8-22-19(14-21)16-31(28(22)34)23-9-11-26(32)29-27(23)33/h6-8,10,13-14,20,23H,3-5,9,11-12,15-17H2,1-2H3,(H,29,32,33). The molecule has 5 rings (SSSR count). The molecule has 9 heteroatoms. The minimum Gasteiger partial charge on any atom is -0.493 e. The average Bonchev–Trinajstić information content (AvgIpc) is 3.23. The Hall–Kier alpha value is -3.59. The van der Waals surface area contributed by atoms with Crippen molar-refractivity contribution in [1.29, 1.82) is 0 Å². The molecular weight excluding hydrogens is 474 g/mol. The Balaban J connectivity index is 1.22. The lowest BCUT2D eigenvalue weighted by Crippen LogP contribution is -2.52. The first-order valence-electron chi connectivity index (χ1n) is 12.8. The summed E-state index contributed by atoms with van der Waals surface area (Å²) >= 11 is 0. The summed E-state index contributed by atoms with van der Waals surface area (Å²) in [6.45, 7) is 2.69. The molecule has 0 aliphatic carbocycles. The second-order valence-electron chi connectivity index (χ2n) is 9.84. The highest BCUT2D eigenvalue weighted by molar-refractivity contribution is 6.05. The summed E-state index contributed by atoms with van der Waals surface area (Å²) in [5, 5.41) is 2.34.